The van der Waals surface area contributed by atoms with Crippen LogP contribution in [-0.4, -0.2) is 38.3 Å². The van der Waals surface area contributed by atoms with Crippen molar-refractivity contribution in [2.75, 3.05) is 13.2 Å². The molecule has 0 spiro atoms. The minimum absolute atomic E-state index is 0.111. The highest BCUT2D eigenvalue weighted by Gasteiger charge is 2.24. The number of nitrogens with zero attached hydrogens (tertiary/aromatic N) is 1. The van der Waals surface area contributed by atoms with Crippen molar-refractivity contribution in [1.29, 1.82) is 0 Å². The lowest BCUT2D eigenvalue weighted by Gasteiger charge is -2.09. The van der Waals surface area contributed by atoms with E-state index in [-0.39, 0.29) is 16.7 Å². The molecule has 0 radical (unpaired) electrons. The smallest absolute Gasteiger partial charge is 0.355 e. The van der Waals surface area contributed by atoms with Crippen LogP contribution in [0, 0.1) is 0 Å². The maximum absolute atomic E-state index is 11.8. The van der Waals surface area contributed by atoms with Crippen molar-refractivity contribution < 1.29 is 22.7 Å². The molecule has 8 heteroatoms. The first-order valence-corrected chi connectivity index (χ1v) is 6.90. The third kappa shape index (κ3) is 2.71. The number of aryl methyl sites for hydroxylation is 1. The van der Waals surface area contributed by atoms with E-state index >= 15 is 0 Å². The van der Waals surface area contributed by atoms with E-state index in [9.17, 15) is 13.2 Å². The lowest BCUT2D eigenvalue weighted by Crippen LogP contribution is -2.19. The second kappa shape index (κ2) is 4.71. The average Bonchev–Trinajstić information content (AvgIpc) is 2.85. The quantitative estimate of drug-likeness (QED) is 0.757. The summed E-state index contributed by atoms with van der Waals surface area (Å²) in [5, 5.41) is 4.99. The van der Waals surface area contributed by atoms with Gasteiger partial charge >= 0.3 is 5.97 Å². The van der Waals surface area contributed by atoms with Crippen LogP contribution < -0.4 is 5.14 Å². The highest BCUT2D eigenvalue weighted by Crippen LogP contribution is 2.15. The molecule has 0 aliphatic carbocycles. The lowest BCUT2D eigenvalue weighted by atomic mass is 10.3. The highest BCUT2D eigenvalue weighted by atomic mass is 32.2. The number of esters is 1. The number of aromatic nitrogens is 1. The summed E-state index contributed by atoms with van der Waals surface area (Å²) in [5.74, 6) is -0.581. The van der Waals surface area contributed by atoms with Crippen LogP contribution in [0.4, 0.5) is 0 Å². The van der Waals surface area contributed by atoms with E-state index in [1.807, 2.05) is 0 Å². The van der Waals surface area contributed by atoms with Crippen LogP contribution in [0.3, 0.4) is 0 Å². The van der Waals surface area contributed by atoms with Crippen LogP contribution in [0.15, 0.2) is 17.2 Å². The highest BCUT2D eigenvalue weighted by molar-refractivity contribution is 7.89. The fourth-order valence-corrected chi connectivity index (χ4v) is 2.29. The first-order valence-electron chi connectivity index (χ1n) is 5.36. The van der Waals surface area contributed by atoms with Gasteiger partial charge in [0.2, 0.25) is 10.0 Å². The number of nitrogens with two attached hydrogens (primary N) is 1. The molecule has 0 aromatic carbocycles. The van der Waals surface area contributed by atoms with Gasteiger partial charge in [0, 0.05) is 19.7 Å². The Morgan fingerprint density at radius 3 is 2.83 bits per heavy atom. The molecule has 100 valence electrons. The zero-order valence-corrected chi connectivity index (χ0v) is 10.6. The largest absolute Gasteiger partial charge is 0.455 e. The summed E-state index contributed by atoms with van der Waals surface area (Å²) in [5.41, 5.74) is 0.144. The zero-order valence-electron chi connectivity index (χ0n) is 9.83. The van der Waals surface area contributed by atoms with Crippen LogP contribution in [0.5, 0.6) is 0 Å². The van der Waals surface area contributed by atoms with E-state index in [0.29, 0.717) is 19.6 Å². The molecule has 1 saturated heterocycles. The molecule has 1 aliphatic heterocycles. The molecule has 2 N–H and O–H groups in total. The van der Waals surface area contributed by atoms with Gasteiger partial charge in [-0.1, -0.05) is 0 Å². The van der Waals surface area contributed by atoms with Crippen molar-refractivity contribution in [2.24, 2.45) is 12.2 Å². The third-order valence-corrected chi connectivity index (χ3v) is 3.56. The molecule has 1 unspecified atom stereocenters. The van der Waals surface area contributed by atoms with Gasteiger partial charge in [0.1, 0.15) is 16.7 Å². The van der Waals surface area contributed by atoms with Gasteiger partial charge in [-0.15, -0.1) is 0 Å². The van der Waals surface area contributed by atoms with Gasteiger partial charge in [-0.25, -0.2) is 18.4 Å². The second-order valence-corrected chi connectivity index (χ2v) is 5.67. The van der Waals surface area contributed by atoms with Gasteiger partial charge in [-0.05, 0) is 6.07 Å². The van der Waals surface area contributed by atoms with E-state index < -0.39 is 16.0 Å². The molecular formula is C10H14N2O5S. The van der Waals surface area contributed by atoms with Gasteiger partial charge in [-0.3, -0.25) is 0 Å². The first-order chi connectivity index (χ1) is 8.38. The Labute approximate surface area is 105 Å². The monoisotopic (exact) mass is 274 g/mol. The fraction of sp³-hybridized carbons (Fsp3) is 0.500. The second-order valence-electron chi connectivity index (χ2n) is 4.11. The number of hydrogen-bond acceptors (Lipinski definition) is 5. The lowest BCUT2D eigenvalue weighted by molar-refractivity contribution is 0.0260. The van der Waals surface area contributed by atoms with Gasteiger partial charge in [0.05, 0.1) is 13.2 Å². The number of carbonyl (C=O) groups excluding carboxylic acids is 1. The molecule has 18 heavy (non-hydrogen) atoms. The van der Waals surface area contributed by atoms with Gasteiger partial charge in [-0.2, -0.15) is 0 Å². The van der Waals surface area contributed by atoms with Gasteiger partial charge in [0.25, 0.3) is 0 Å². The van der Waals surface area contributed by atoms with Crippen LogP contribution in [-0.2, 0) is 26.5 Å². The normalized spacial score (nSPS) is 20.0. The van der Waals surface area contributed by atoms with Crippen molar-refractivity contribution in [3.8, 4) is 0 Å². The molecule has 0 saturated carbocycles. The summed E-state index contributed by atoms with van der Waals surface area (Å²) in [4.78, 5) is 11.7. The predicted molar refractivity (Wildman–Crippen MR) is 61.4 cm³/mol. The molecule has 1 fully saturated rings. The van der Waals surface area contributed by atoms with Crippen LogP contribution in [0.2, 0.25) is 0 Å². The SMILES string of the molecule is Cn1cc(S(N)(=O)=O)cc1C(=O)OC1CCOC1. The topological polar surface area (TPSA) is 101 Å². The molecule has 7 nitrogen and oxygen atoms in total. The van der Waals surface area contributed by atoms with Gasteiger partial charge < -0.3 is 14.0 Å². The number of ether oxygens (including phenoxy) is 2. The van der Waals surface area contributed by atoms with Crippen molar-refractivity contribution in [1.82, 2.24) is 4.57 Å². The Hall–Kier alpha value is -1.38. The summed E-state index contributed by atoms with van der Waals surface area (Å²) >= 11 is 0. The van der Waals surface area contributed by atoms with Crippen molar-refractivity contribution in [2.45, 2.75) is 17.4 Å². The third-order valence-electron chi connectivity index (χ3n) is 2.68. The van der Waals surface area contributed by atoms with Crippen molar-refractivity contribution in [3.63, 3.8) is 0 Å². The van der Waals surface area contributed by atoms with Crippen LogP contribution >= 0.6 is 0 Å². The minimum atomic E-state index is -3.82. The number of sulfonamides is 1. The van der Waals surface area contributed by atoms with Crippen molar-refractivity contribution >= 4 is 16.0 Å². The van der Waals surface area contributed by atoms with E-state index in [1.54, 1.807) is 7.05 Å². The maximum Gasteiger partial charge on any atom is 0.355 e. The Morgan fingerprint density at radius 1 is 1.61 bits per heavy atom. The number of carbonyl (C=O) groups is 1. The fourth-order valence-electron chi connectivity index (χ4n) is 1.71. The van der Waals surface area contributed by atoms with Gasteiger partial charge in [0.15, 0.2) is 0 Å². The summed E-state index contributed by atoms with van der Waals surface area (Å²) in [6.45, 7) is 0.936. The first kappa shape index (κ1) is 13.1. The average molecular weight is 274 g/mol. The molecule has 0 amide bonds. The Bertz CT molecular complexity index is 557. The van der Waals surface area contributed by atoms with Crippen LogP contribution in [0.25, 0.3) is 0 Å². The maximum atomic E-state index is 11.8. The molecule has 2 rings (SSSR count). The molecular weight excluding hydrogens is 260 g/mol. The predicted octanol–water partition coefficient (Wildman–Crippen LogP) is -0.382. The molecule has 1 aromatic heterocycles. The summed E-state index contributed by atoms with van der Waals surface area (Å²) < 4.78 is 34.0. The molecule has 2 heterocycles. The number of primary sulfonamides is 1. The minimum Gasteiger partial charge on any atom is -0.455 e. The van der Waals surface area contributed by atoms with E-state index in [2.05, 4.69) is 0 Å². The Kier molecular flexibility index (Phi) is 3.42. The van der Waals surface area contributed by atoms with Crippen LogP contribution in [0.1, 0.15) is 16.9 Å². The Morgan fingerprint density at radius 2 is 2.33 bits per heavy atom. The molecule has 0 bridgehead atoms. The summed E-state index contributed by atoms with van der Waals surface area (Å²) in [7, 11) is -2.27. The van der Waals surface area contributed by atoms with E-state index in [4.69, 9.17) is 14.6 Å². The molecule has 1 aliphatic rings. The van der Waals surface area contributed by atoms with Crippen molar-refractivity contribution in [3.05, 3.63) is 18.0 Å². The summed E-state index contributed by atoms with van der Waals surface area (Å²) in [6, 6.07) is 1.20. The molecule has 1 atom stereocenters. The number of hydrogen-bond donors (Lipinski definition) is 1. The van der Waals surface area contributed by atoms with E-state index in [0.717, 1.165) is 0 Å². The van der Waals surface area contributed by atoms with E-state index in [1.165, 1.54) is 16.8 Å². The Balaban J connectivity index is 2.17. The zero-order chi connectivity index (χ0) is 13.3. The molecule has 1 aromatic rings. The standard InChI is InChI=1S/C10H14N2O5S/c1-12-5-8(18(11,14)15)4-9(12)10(13)17-7-2-3-16-6-7/h4-5,7H,2-3,6H2,1H3,(H2,11,14,15). The number of rotatable bonds is 3. The summed E-state index contributed by atoms with van der Waals surface area (Å²) in [6.07, 6.45) is 1.65.